The monoisotopic (exact) mass is 480 g/mol. The zero-order valence-corrected chi connectivity index (χ0v) is 20.4. The molecule has 2 aromatic carbocycles. The number of aliphatic carboxylic acids is 1. The minimum Gasteiger partial charge on any atom is -0.480 e. The summed E-state index contributed by atoms with van der Waals surface area (Å²) in [5, 5.41) is 11.8. The van der Waals surface area contributed by atoms with Gasteiger partial charge in [0.2, 0.25) is 5.91 Å². The highest BCUT2D eigenvalue weighted by atomic mass is 16.4. The summed E-state index contributed by atoms with van der Waals surface area (Å²) in [5.41, 5.74) is 19.8. The van der Waals surface area contributed by atoms with Gasteiger partial charge in [-0.3, -0.25) is 4.79 Å². The van der Waals surface area contributed by atoms with Crippen LogP contribution < -0.4 is 22.5 Å². The molecule has 3 rings (SSSR count). The second-order valence-electron chi connectivity index (χ2n) is 9.05. The molecule has 2 aromatic rings. The van der Waals surface area contributed by atoms with Crippen LogP contribution in [0.1, 0.15) is 56.1 Å². The number of benzene rings is 2. The Labute approximate surface area is 208 Å². The second kappa shape index (κ2) is 15.7. The van der Waals surface area contributed by atoms with Crippen molar-refractivity contribution in [3.05, 3.63) is 65.7 Å². The predicted molar refractivity (Wildman–Crippen MR) is 143 cm³/mol. The second-order valence-corrected chi connectivity index (χ2v) is 9.05. The van der Waals surface area contributed by atoms with Crippen LogP contribution in [0.5, 0.6) is 0 Å². The maximum absolute atomic E-state index is 12.1. The molecule has 35 heavy (non-hydrogen) atoms. The Morgan fingerprint density at radius 3 is 2.06 bits per heavy atom. The molecular weight excluding hydrogens is 440 g/mol. The number of carbonyl (C=O) groups excluding carboxylic acids is 1. The third-order valence-electron chi connectivity index (χ3n) is 6.32. The van der Waals surface area contributed by atoms with E-state index in [0.29, 0.717) is 31.8 Å². The van der Waals surface area contributed by atoms with Crippen LogP contribution >= 0.6 is 0 Å². The van der Waals surface area contributed by atoms with Crippen LogP contribution in [-0.2, 0) is 9.59 Å². The highest BCUT2D eigenvalue weighted by Crippen LogP contribution is 2.28. The van der Waals surface area contributed by atoms with Gasteiger partial charge in [-0.15, -0.1) is 0 Å². The molecule has 1 atom stereocenters. The van der Waals surface area contributed by atoms with Gasteiger partial charge in [-0.2, -0.15) is 0 Å². The van der Waals surface area contributed by atoms with Gasteiger partial charge in [-0.05, 0) is 87.2 Å². The quantitative estimate of drug-likeness (QED) is 0.198. The first kappa shape index (κ1) is 28.1. The van der Waals surface area contributed by atoms with Crippen molar-refractivity contribution in [2.45, 2.75) is 51.0 Å². The summed E-state index contributed by atoms with van der Waals surface area (Å²) in [6.07, 6.45) is 9.64. The largest absolute Gasteiger partial charge is 0.480 e. The van der Waals surface area contributed by atoms with Crippen molar-refractivity contribution in [3.8, 4) is 0 Å². The number of hydrogen-bond acceptors (Lipinski definition) is 5. The van der Waals surface area contributed by atoms with Gasteiger partial charge in [-0.25, -0.2) is 4.79 Å². The Hall–Kier alpha value is -3.16. The van der Waals surface area contributed by atoms with Crippen molar-refractivity contribution in [1.29, 1.82) is 0 Å². The first-order valence-corrected chi connectivity index (χ1v) is 12.4. The molecule has 190 valence electrons. The zero-order valence-electron chi connectivity index (χ0n) is 20.4. The number of nitrogens with one attached hydrogen (secondary N) is 1. The number of anilines is 1. The SMILES string of the molecule is NCCCC[C@H](NC(=O)C1CCC(CN)CC1)C(=O)O.Nc1ccc(/C=C/c2ccccc2)cc1. The minimum atomic E-state index is -0.967. The van der Waals surface area contributed by atoms with E-state index in [0.717, 1.165) is 43.4 Å². The topological polar surface area (TPSA) is 144 Å². The fraction of sp³-hybridized carbons (Fsp3) is 0.429. The van der Waals surface area contributed by atoms with Gasteiger partial charge in [0.05, 0.1) is 0 Å². The zero-order chi connectivity index (χ0) is 25.5. The van der Waals surface area contributed by atoms with Crippen molar-refractivity contribution in [2.75, 3.05) is 18.8 Å². The lowest BCUT2D eigenvalue weighted by atomic mass is 9.81. The van der Waals surface area contributed by atoms with E-state index in [4.69, 9.17) is 22.3 Å². The van der Waals surface area contributed by atoms with Crippen LogP contribution in [0.4, 0.5) is 5.69 Å². The highest BCUT2D eigenvalue weighted by molar-refractivity contribution is 5.85. The summed E-state index contributed by atoms with van der Waals surface area (Å²) in [6, 6.07) is 17.3. The van der Waals surface area contributed by atoms with Gasteiger partial charge in [0.25, 0.3) is 0 Å². The Kier molecular flexibility index (Phi) is 12.6. The predicted octanol–water partition coefficient (Wildman–Crippen LogP) is 3.89. The van der Waals surface area contributed by atoms with Crippen molar-refractivity contribution in [3.63, 3.8) is 0 Å². The number of hydrogen-bond donors (Lipinski definition) is 5. The molecule has 0 radical (unpaired) electrons. The molecule has 0 bridgehead atoms. The lowest BCUT2D eigenvalue weighted by molar-refractivity contribution is -0.143. The Morgan fingerprint density at radius 1 is 0.914 bits per heavy atom. The molecule has 1 fully saturated rings. The van der Waals surface area contributed by atoms with E-state index in [1.807, 2.05) is 42.5 Å². The van der Waals surface area contributed by atoms with Crippen LogP contribution in [0.2, 0.25) is 0 Å². The van der Waals surface area contributed by atoms with Gasteiger partial charge in [0.15, 0.2) is 0 Å². The number of carbonyl (C=O) groups is 2. The Bertz CT molecular complexity index is 908. The normalized spacial score (nSPS) is 18.3. The van der Waals surface area contributed by atoms with Gasteiger partial charge in [-0.1, -0.05) is 54.6 Å². The average Bonchev–Trinajstić information content (AvgIpc) is 2.88. The van der Waals surface area contributed by atoms with Crippen molar-refractivity contribution in [2.24, 2.45) is 23.3 Å². The number of nitrogens with two attached hydrogens (primary N) is 3. The van der Waals surface area contributed by atoms with Crippen molar-refractivity contribution >= 4 is 29.7 Å². The maximum Gasteiger partial charge on any atom is 0.326 e. The smallest absolute Gasteiger partial charge is 0.326 e. The number of amides is 1. The summed E-state index contributed by atoms with van der Waals surface area (Å²) in [5.74, 6) is -0.639. The van der Waals surface area contributed by atoms with E-state index in [1.165, 1.54) is 5.56 Å². The highest BCUT2D eigenvalue weighted by Gasteiger charge is 2.28. The number of nitrogen functional groups attached to an aromatic ring is 1. The Balaban J connectivity index is 0.000000256. The molecule has 1 saturated carbocycles. The molecule has 1 aliphatic rings. The van der Waals surface area contributed by atoms with E-state index in [1.54, 1.807) is 0 Å². The molecule has 0 saturated heterocycles. The minimum absolute atomic E-state index is 0.0610. The summed E-state index contributed by atoms with van der Waals surface area (Å²) in [4.78, 5) is 23.3. The summed E-state index contributed by atoms with van der Waals surface area (Å²) in [6.45, 7) is 1.22. The molecule has 0 aliphatic heterocycles. The molecule has 0 heterocycles. The average molecular weight is 481 g/mol. The standard InChI is InChI=1S/C14H27N3O3.C14H13N/c15-8-2-1-3-12(14(19)20)17-13(18)11-6-4-10(9-16)5-7-11;15-14-10-8-13(9-11-14)7-6-12-4-2-1-3-5-12/h10-12H,1-9,15-16H2,(H,17,18)(H,19,20);1-11H,15H2/b;7-6+/t10?,11?,12-;/m0./s1. The fourth-order valence-corrected chi connectivity index (χ4v) is 4.06. The molecular formula is C28H40N4O3. The summed E-state index contributed by atoms with van der Waals surface area (Å²) >= 11 is 0. The van der Waals surface area contributed by atoms with Gasteiger partial charge in [0.1, 0.15) is 6.04 Å². The first-order chi connectivity index (χ1) is 16.9. The number of unbranched alkanes of at least 4 members (excludes halogenated alkanes) is 1. The maximum atomic E-state index is 12.1. The summed E-state index contributed by atoms with van der Waals surface area (Å²) < 4.78 is 0. The van der Waals surface area contributed by atoms with Crippen molar-refractivity contribution < 1.29 is 14.7 Å². The van der Waals surface area contributed by atoms with E-state index < -0.39 is 12.0 Å². The third-order valence-corrected chi connectivity index (χ3v) is 6.32. The van der Waals surface area contributed by atoms with Crippen LogP contribution in [0, 0.1) is 11.8 Å². The van der Waals surface area contributed by atoms with Gasteiger partial charge >= 0.3 is 5.97 Å². The van der Waals surface area contributed by atoms with Crippen LogP contribution in [0.25, 0.3) is 12.2 Å². The van der Waals surface area contributed by atoms with Gasteiger partial charge < -0.3 is 27.6 Å². The number of carboxylic acid groups (broad SMARTS) is 1. The van der Waals surface area contributed by atoms with E-state index >= 15 is 0 Å². The number of carboxylic acids is 1. The molecule has 7 heteroatoms. The lowest BCUT2D eigenvalue weighted by Crippen LogP contribution is -2.44. The van der Waals surface area contributed by atoms with Crippen LogP contribution in [-0.4, -0.2) is 36.1 Å². The Morgan fingerprint density at radius 2 is 1.51 bits per heavy atom. The molecule has 0 unspecified atom stereocenters. The van der Waals surface area contributed by atoms with E-state index in [-0.39, 0.29) is 11.8 Å². The van der Waals surface area contributed by atoms with Crippen molar-refractivity contribution in [1.82, 2.24) is 5.32 Å². The van der Waals surface area contributed by atoms with E-state index in [2.05, 4.69) is 29.6 Å². The molecule has 1 aliphatic carbocycles. The van der Waals surface area contributed by atoms with Gasteiger partial charge in [0, 0.05) is 11.6 Å². The molecule has 1 amide bonds. The van der Waals surface area contributed by atoms with Crippen LogP contribution in [0.15, 0.2) is 54.6 Å². The lowest BCUT2D eigenvalue weighted by Gasteiger charge is -2.27. The molecule has 7 nitrogen and oxygen atoms in total. The third kappa shape index (κ3) is 10.8. The van der Waals surface area contributed by atoms with Crippen LogP contribution in [0.3, 0.4) is 0 Å². The fourth-order valence-electron chi connectivity index (χ4n) is 4.06. The van der Waals surface area contributed by atoms with E-state index in [9.17, 15) is 9.59 Å². The molecule has 0 spiro atoms. The number of rotatable bonds is 10. The molecule has 0 aromatic heterocycles. The summed E-state index contributed by atoms with van der Waals surface area (Å²) in [7, 11) is 0. The first-order valence-electron chi connectivity index (χ1n) is 12.4. The molecule has 8 N–H and O–H groups in total.